The maximum absolute atomic E-state index is 14.5. The third-order valence-electron chi connectivity index (χ3n) is 7.18. The molecule has 0 bridgehead atoms. The quantitative estimate of drug-likeness (QED) is 0.136. The number of benzene rings is 4. The van der Waals surface area contributed by atoms with Crippen molar-refractivity contribution < 1.29 is 18.0 Å². The highest BCUT2D eigenvalue weighted by Gasteiger charge is 2.34. The van der Waals surface area contributed by atoms with Gasteiger partial charge in [0.15, 0.2) is 0 Å². The van der Waals surface area contributed by atoms with E-state index in [1.165, 1.54) is 17.0 Å². The molecule has 0 heterocycles. The lowest BCUT2D eigenvalue weighted by Crippen LogP contribution is -2.53. The smallest absolute Gasteiger partial charge is 0.264 e. The van der Waals surface area contributed by atoms with E-state index in [9.17, 15) is 18.0 Å². The van der Waals surface area contributed by atoms with Crippen LogP contribution < -0.4 is 9.62 Å². The molecule has 11 heteroatoms. The predicted molar refractivity (Wildman–Crippen MR) is 184 cm³/mol. The molecular formula is C34H34BrCl2N3O4S. The summed E-state index contributed by atoms with van der Waals surface area (Å²) in [6.45, 7) is 1.86. The van der Waals surface area contributed by atoms with Gasteiger partial charge in [-0.05, 0) is 66.1 Å². The monoisotopic (exact) mass is 729 g/mol. The van der Waals surface area contributed by atoms with Gasteiger partial charge in [-0.3, -0.25) is 13.9 Å². The number of sulfonamides is 1. The number of carbonyl (C=O) groups is 2. The van der Waals surface area contributed by atoms with Crippen LogP contribution in [0.1, 0.15) is 30.9 Å². The molecule has 0 radical (unpaired) electrons. The number of amides is 2. The van der Waals surface area contributed by atoms with Gasteiger partial charge >= 0.3 is 0 Å². The first-order chi connectivity index (χ1) is 21.6. The summed E-state index contributed by atoms with van der Waals surface area (Å²) in [5.74, 6) is -0.915. The summed E-state index contributed by atoms with van der Waals surface area (Å²) in [6.07, 6.45) is 1.86. The molecule has 0 saturated heterocycles. The third kappa shape index (κ3) is 9.33. The second kappa shape index (κ2) is 16.3. The molecule has 1 N–H and O–H groups in total. The standard InChI is InChI=1S/C34H34BrCl2N3O4S/c1-2-3-20-38-34(42)32(21-25-10-6-4-7-11-25)39(23-26-14-17-28(36)22-31(26)37)33(41)24-40(29-18-15-27(35)16-19-29)45(43,44)30-12-8-5-9-13-30/h4-19,22,32H,2-3,20-21,23-24H2,1H3,(H,38,42)/t32-/m0/s1. The van der Waals surface area contributed by atoms with Gasteiger partial charge in [0.1, 0.15) is 12.6 Å². The maximum Gasteiger partial charge on any atom is 0.264 e. The average Bonchev–Trinajstić information content (AvgIpc) is 3.03. The lowest BCUT2D eigenvalue weighted by Gasteiger charge is -2.34. The molecule has 4 aromatic rings. The van der Waals surface area contributed by atoms with Crippen molar-refractivity contribution in [1.82, 2.24) is 10.2 Å². The van der Waals surface area contributed by atoms with Crippen LogP contribution in [-0.4, -0.2) is 44.3 Å². The minimum atomic E-state index is -4.18. The number of hydrogen-bond acceptors (Lipinski definition) is 4. The molecule has 0 fully saturated rings. The summed E-state index contributed by atoms with van der Waals surface area (Å²) in [7, 11) is -4.18. The van der Waals surface area contributed by atoms with E-state index in [4.69, 9.17) is 23.2 Å². The Morgan fingerprint density at radius 1 is 0.889 bits per heavy atom. The molecule has 0 aliphatic rings. The number of nitrogens with one attached hydrogen (secondary N) is 1. The maximum atomic E-state index is 14.5. The van der Waals surface area contributed by atoms with E-state index in [2.05, 4.69) is 21.2 Å². The number of rotatable bonds is 14. The molecule has 236 valence electrons. The van der Waals surface area contributed by atoms with Crippen LogP contribution in [0, 0.1) is 0 Å². The van der Waals surface area contributed by atoms with Crippen LogP contribution in [0.5, 0.6) is 0 Å². The van der Waals surface area contributed by atoms with Crippen molar-refractivity contribution in [3.63, 3.8) is 0 Å². The molecule has 4 aromatic carbocycles. The number of halogens is 3. The highest BCUT2D eigenvalue weighted by atomic mass is 79.9. The molecule has 0 unspecified atom stereocenters. The third-order valence-corrected chi connectivity index (χ3v) is 10.1. The second-order valence-corrected chi connectivity index (χ2v) is 14.0. The summed E-state index contributed by atoms with van der Waals surface area (Å²) >= 11 is 16.1. The SMILES string of the molecule is CCCCNC(=O)[C@H](Cc1ccccc1)N(Cc1ccc(Cl)cc1Cl)C(=O)CN(c1ccc(Br)cc1)S(=O)(=O)c1ccccc1. The Bertz CT molecular complexity index is 1690. The van der Waals surface area contributed by atoms with Gasteiger partial charge in [-0.25, -0.2) is 8.42 Å². The Morgan fingerprint density at radius 2 is 1.53 bits per heavy atom. The number of hydrogen-bond donors (Lipinski definition) is 1. The van der Waals surface area contributed by atoms with Crippen molar-refractivity contribution >= 4 is 66.7 Å². The van der Waals surface area contributed by atoms with Crippen LogP contribution in [0.3, 0.4) is 0 Å². The number of carbonyl (C=O) groups excluding carboxylic acids is 2. The minimum Gasteiger partial charge on any atom is -0.354 e. The Morgan fingerprint density at radius 3 is 2.16 bits per heavy atom. The molecule has 0 aromatic heterocycles. The first-order valence-electron chi connectivity index (χ1n) is 14.5. The van der Waals surface area contributed by atoms with E-state index < -0.39 is 28.5 Å². The summed E-state index contributed by atoms with van der Waals surface area (Å²) in [5, 5.41) is 3.72. The molecule has 7 nitrogen and oxygen atoms in total. The van der Waals surface area contributed by atoms with Gasteiger partial charge in [0.25, 0.3) is 10.0 Å². The van der Waals surface area contributed by atoms with Gasteiger partial charge in [-0.15, -0.1) is 0 Å². The van der Waals surface area contributed by atoms with E-state index in [-0.39, 0.29) is 23.8 Å². The van der Waals surface area contributed by atoms with Crippen molar-refractivity contribution in [3.8, 4) is 0 Å². The van der Waals surface area contributed by atoms with E-state index in [1.807, 2.05) is 37.3 Å². The molecule has 45 heavy (non-hydrogen) atoms. The Balaban J connectivity index is 1.80. The lowest BCUT2D eigenvalue weighted by atomic mass is 10.0. The van der Waals surface area contributed by atoms with E-state index in [1.54, 1.807) is 60.7 Å². The fraction of sp³-hybridized carbons (Fsp3) is 0.235. The summed E-state index contributed by atoms with van der Waals surface area (Å²) in [4.78, 5) is 29.7. The van der Waals surface area contributed by atoms with Gasteiger partial charge in [0.2, 0.25) is 11.8 Å². The lowest BCUT2D eigenvalue weighted by molar-refractivity contribution is -0.140. The normalized spacial score (nSPS) is 11.9. The van der Waals surface area contributed by atoms with Gasteiger partial charge < -0.3 is 10.2 Å². The minimum absolute atomic E-state index is 0.0335. The van der Waals surface area contributed by atoms with E-state index in [0.717, 1.165) is 27.2 Å². The summed E-state index contributed by atoms with van der Waals surface area (Å²) in [6, 6.07) is 27.9. The van der Waals surface area contributed by atoms with Crippen LogP contribution >= 0.6 is 39.1 Å². The molecule has 0 aliphatic heterocycles. The topological polar surface area (TPSA) is 86.8 Å². The Kier molecular flexibility index (Phi) is 12.5. The average molecular weight is 732 g/mol. The summed E-state index contributed by atoms with van der Waals surface area (Å²) < 4.78 is 29.9. The van der Waals surface area contributed by atoms with Crippen molar-refractivity contribution in [3.05, 3.63) is 129 Å². The zero-order chi connectivity index (χ0) is 32.4. The van der Waals surface area contributed by atoms with Gasteiger partial charge in [0, 0.05) is 34.0 Å². The largest absolute Gasteiger partial charge is 0.354 e. The fourth-order valence-electron chi connectivity index (χ4n) is 4.75. The van der Waals surface area contributed by atoms with Crippen molar-refractivity contribution in [1.29, 1.82) is 0 Å². The van der Waals surface area contributed by atoms with Crippen LogP contribution in [0.25, 0.3) is 0 Å². The van der Waals surface area contributed by atoms with Gasteiger partial charge in [-0.1, -0.05) is 107 Å². The fourth-order valence-corrected chi connectivity index (χ4v) is 6.92. The van der Waals surface area contributed by atoms with Crippen LogP contribution in [0.2, 0.25) is 10.0 Å². The molecule has 0 aliphatic carbocycles. The van der Waals surface area contributed by atoms with Crippen LogP contribution in [0.15, 0.2) is 112 Å². The second-order valence-electron chi connectivity index (χ2n) is 10.4. The molecule has 1 atom stereocenters. The number of anilines is 1. The number of unbranched alkanes of at least 4 members (excludes halogenated alkanes) is 1. The first-order valence-corrected chi connectivity index (χ1v) is 17.5. The molecule has 4 rings (SSSR count). The first kappa shape index (κ1) is 34.5. The zero-order valence-electron chi connectivity index (χ0n) is 24.7. The number of nitrogens with zero attached hydrogens (tertiary/aromatic N) is 2. The Hall–Kier alpha value is -3.37. The van der Waals surface area contributed by atoms with Crippen LogP contribution in [-0.2, 0) is 32.6 Å². The van der Waals surface area contributed by atoms with E-state index in [0.29, 0.717) is 27.8 Å². The van der Waals surface area contributed by atoms with E-state index >= 15 is 0 Å². The highest BCUT2D eigenvalue weighted by molar-refractivity contribution is 9.10. The van der Waals surface area contributed by atoms with Crippen molar-refractivity contribution in [2.24, 2.45) is 0 Å². The van der Waals surface area contributed by atoms with Gasteiger partial charge in [0.05, 0.1) is 10.6 Å². The zero-order valence-corrected chi connectivity index (χ0v) is 28.6. The summed E-state index contributed by atoms with van der Waals surface area (Å²) in [5.41, 5.74) is 1.71. The Labute approximate surface area is 283 Å². The van der Waals surface area contributed by atoms with Gasteiger partial charge in [-0.2, -0.15) is 0 Å². The van der Waals surface area contributed by atoms with Crippen LogP contribution in [0.4, 0.5) is 5.69 Å². The van der Waals surface area contributed by atoms with Crippen molar-refractivity contribution in [2.75, 3.05) is 17.4 Å². The predicted octanol–water partition coefficient (Wildman–Crippen LogP) is 7.51. The highest BCUT2D eigenvalue weighted by Crippen LogP contribution is 2.28. The molecule has 0 spiro atoms. The molecular weight excluding hydrogens is 697 g/mol. The van der Waals surface area contributed by atoms with Crippen molar-refractivity contribution in [2.45, 2.75) is 43.7 Å². The molecule has 2 amide bonds. The molecule has 0 saturated carbocycles.